The molecule has 1 aromatic heterocycles. The molecule has 7 heteroatoms. The van der Waals surface area contributed by atoms with Gasteiger partial charge in [-0.2, -0.15) is 29.5 Å². The number of carboxylic acids is 1. The number of nitrogens with zero attached hydrogens (tertiary/aromatic N) is 2. The number of aliphatic carboxylic acids is 1. The van der Waals surface area contributed by atoms with Crippen molar-refractivity contribution in [2.24, 2.45) is 4.99 Å². The molecule has 1 atom stereocenters. The molecule has 18 heavy (non-hydrogen) atoms. The van der Waals surface area contributed by atoms with Gasteiger partial charge in [0, 0.05) is 38.5 Å². The van der Waals surface area contributed by atoms with Crippen LogP contribution >= 0.6 is 23.1 Å². The second kappa shape index (κ2) is 5.78. The molecule has 1 unspecified atom stereocenters. The van der Waals surface area contributed by atoms with Gasteiger partial charge in [0.2, 0.25) is 0 Å². The summed E-state index contributed by atoms with van der Waals surface area (Å²) in [4.78, 5) is 19.4. The fourth-order valence-electron chi connectivity index (χ4n) is 1.53. The predicted octanol–water partition coefficient (Wildman–Crippen LogP) is 2.04. The third kappa shape index (κ3) is 2.66. The molecule has 0 bridgehead atoms. The zero-order valence-electron chi connectivity index (χ0n) is 9.16. The predicted molar refractivity (Wildman–Crippen MR) is 68.9 cm³/mol. The average Bonchev–Trinajstić information content (AvgIpc) is 2.95. The summed E-state index contributed by atoms with van der Waals surface area (Å²) in [7, 11) is 0. The van der Waals surface area contributed by atoms with E-state index in [2.05, 4.69) is 16.0 Å². The minimum absolute atomic E-state index is 0. The maximum Gasteiger partial charge on any atom is 0.329 e. The van der Waals surface area contributed by atoms with Crippen LogP contribution in [0.25, 0.3) is 10.2 Å². The molecule has 1 aliphatic rings. The number of thioether (sulfide) groups is 1. The van der Waals surface area contributed by atoms with Gasteiger partial charge < -0.3 is 5.11 Å². The molecule has 1 radical (unpaired) electrons. The Morgan fingerprint density at radius 2 is 2.39 bits per heavy atom. The monoisotopic (exact) mass is 352 g/mol. The molecule has 0 fully saturated rings. The summed E-state index contributed by atoms with van der Waals surface area (Å²) in [6.07, 6.45) is 0. The number of aromatic nitrogens is 1. The van der Waals surface area contributed by atoms with Crippen LogP contribution in [0.1, 0.15) is 5.01 Å². The van der Waals surface area contributed by atoms with Crippen LogP contribution in [0.15, 0.2) is 23.2 Å². The van der Waals surface area contributed by atoms with E-state index in [4.69, 9.17) is 5.11 Å². The second-order valence-electron chi connectivity index (χ2n) is 3.51. The first-order chi connectivity index (χ1) is 8.24. The van der Waals surface area contributed by atoms with E-state index in [-0.39, 0.29) is 32.7 Å². The van der Waals surface area contributed by atoms with Crippen molar-refractivity contribution in [1.29, 1.82) is 0 Å². The maximum absolute atomic E-state index is 10.8. The quantitative estimate of drug-likeness (QED) is 0.841. The van der Waals surface area contributed by atoms with E-state index in [0.717, 1.165) is 20.3 Å². The Morgan fingerprint density at radius 3 is 3.06 bits per heavy atom. The number of rotatable bonds is 2. The van der Waals surface area contributed by atoms with Crippen LogP contribution in [-0.2, 0) is 37.5 Å². The number of hydrogen-bond donors (Lipinski definition) is 1. The Morgan fingerprint density at radius 1 is 1.56 bits per heavy atom. The summed E-state index contributed by atoms with van der Waals surface area (Å²) >= 11 is 2.98. The van der Waals surface area contributed by atoms with Crippen molar-refractivity contribution in [2.45, 2.75) is 6.04 Å². The molecule has 0 spiro atoms. The van der Waals surface area contributed by atoms with E-state index in [1.54, 1.807) is 0 Å². The summed E-state index contributed by atoms with van der Waals surface area (Å²) in [5, 5.41) is 10.4. The minimum Gasteiger partial charge on any atom is -0.480 e. The maximum atomic E-state index is 10.8. The number of carbonyl (C=O) groups is 1. The van der Waals surface area contributed by atoms with Gasteiger partial charge in [-0.25, -0.2) is 4.79 Å². The van der Waals surface area contributed by atoms with Crippen LogP contribution < -0.4 is 0 Å². The van der Waals surface area contributed by atoms with Gasteiger partial charge in [0.05, 0.1) is 0 Å². The van der Waals surface area contributed by atoms with Crippen molar-refractivity contribution in [3.05, 3.63) is 29.3 Å². The molecule has 1 aliphatic heterocycles. The number of carboxylic acid groups (broad SMARTS) is 1. The van der Waals surface area contributed by atoms with E-state index < -0.39 is 12.0 Å². The molecule has 3 rings (SSSR count). The van der Waals surface area contributed by atoms with Crippen molar-refractivity contribution >= 4 is 44.3 Å². The Kier molecular flexibility index (Phi) is 4.53. The number of aliphatic imine (C=N–C) groups is 1. The SMILES string of the molecule is O=C(O)C1CSC(c2nc3cc[c-]cc3s2)=N1.[Y]. The van der Waals surface area contributed by atoms with E-state index >= 15 is 0 Å². The van der Waals surface area contributed by atoms with Crippen LogP contribution in [0.2, 0.25) is 0 Å². The molecular formula is C11H7N2O2S2Y-. The van der Waals surface area contributed by atoms with Crippen molar-refractivity contribution in [1.82, 2.24) is 4.98 Å². The standard InChI is InChI=1S/C11H7N2O2S2.Y/c14-11(15)7-5-16-9(13-7)10-12-6-3-1-2-4-8(6)17-10;/h1,3-4,7H,5H2,(H,14,15);/q-1;. The zero-order valence-corrected chi connectivity index (χ0v) is 13.6. The van der Waals surface area contributed by atoms with Gasteiger partial charge in [0.25, 0.3) is 0 Å². The average molecular weight is 352 g/mol. The largest absolute Gasteiger partial charge is 0.480 e. The van der Waals surface area contributed by atoms with Crippen LogP contribution in [0.5, 0.6) is 0 Å². The number of hydrogen-bond acceptors (Lipinski definition) is 5. The number of fused-ring (bicyclic) bond motifs is 1. The van der Waals surface area contributed by atoms with Crippen LogP contribution in [0.3, 0.4) is 0 Å². The zero-order chi connectivity index (χ0) is 11.8. The Balaban J connectivity index is 0.00000120. The summed E-state index contributed by atoms with van der Waals surface area (Å²) in [5.41, 5.74) is 0.908. The number of thiazole rings is 1. The third-order valence-electron chi connectivity index (χ3n) is 2.35. The molecular weight excluding hydrogens is 345 g/mol. The van der Waals surface area contributed by atoms with E-state index in [1.807, 2.05) is 18.2 Å². The number of benzene rings is 1. The van der Waals surface area contributed by atoms with Gasteiger partial charge in [-0.15, -0.1) is 17.8 Å². The van der Waals surface area contributed by atoms with Crippen molar-refractivity contribution < 1.29 is 42.6 Å². The van der Waals surface area contributed by atoms with Gasteiger partial charge in [-0.3, -0.25) is 9.98 Å². The fourth-order valence-corrected chi connectivity index (χ4v) is 3.57. The summed E-state index contributed by atoms with van der Waals surface area (Å²) in [6.45, 7) is 0. The first kappa shape index (κ1) is 14.1. The van der Waals surface area contributed by atoms with E-state index in [1.165, 1.54) is 23.1 Å². The molecule has 0 aliphatic carbocycles. The van der Waals surface area contributed by atoms with Gasteiger partial charge >= 0.3 is 5.97 Å². The molecule has 2 heterocycles. The van der Waals surface area contributed by atoms with Gasteiger partial charge in [-0.05, 0) is 5.52 Å². The topological polar surface area (TPSA) is 62.5 Å². The summed E-state index contributed by atoms with van der Waals surface area (Å²) < 4.78 is 1.05. The molecule has 1 aromatic carbocycles. The minimum atomic E-state index is -0.873. The van der Waals surface area contributed by atoms with Gasteiger partial charge in [0.1, 0.15) is 10.1 Å². The first-order valence-electron chi connectivity index (χ1n) is 4.94. The molecule has 2 aromatic rings. The summed E-state index contributed by atoms with van der Waals surface area (Å²) in [6, 6.07) is 7.95. The molecule has 0 amide bonds. The third-order valence-corrected chi connectivity index (χ3v) is 4.56. The van der Waals surface area contributed by atoms with Crippen molar-refractivity contribution in [2.75, 3.05) is 5.75 Å². The van der Waals surface area contributed by atoms with Crippen molar-refractivity contribution in [3.63, 3.8) is 0 Å². The van der Waals surface area contributed by atoms with Gasteiger partial charge in [0.15, 0.2) is 6.04 Å². The molecule has 1 N–H and O–H groups in total. The van der Waals surface area contributed by atoms with Crippen molar-refractivity contribution in [3.8, 4) is 0 Å². The fraction of sp³-hybridized carbons (Fsp3) is 0.182. The molecule has 89 valence electrons. The van der Waals surface area contributed by atoms with Gasteiger partial charge in [-0.1, -0.05) is 4.70 Å². The smallest absolute Gasteiger partial charge is 0.329 e. The van der Waals surface area contributed by atoms with E-state index in [0.29, 0.717) is 5.75 Å². The molecule has 4 nitrogen and oxygen atoms in total. The molecule has 0 saturated carbocycles. The normalized spacial score (nSPS) is 18.4. The molecule has 0 saturated heterocycles. The summed E-state index contributed by atoms with van der Waals surface area (Å²) in [5.74, 6) is -0.380. The van der Waals surface area contributed by atoms with E-state index in [9.17, 15) is 4.79 Å². The Hall–Kier alpha value is -0.296. The second-order valence-corrected chi connectivity index (χ2v) is 5.55. The van der Waals surface area contributed by atoms with Crippen LogP contribution in [0.4, 0.5) is 0 Å². The Bertz CT molecular complexity index is 593. The van der Waals surface area contributed by atoms with Crippen LogP contribution in [0, 0.1) is 6.07 Å². The first-order valence-corrected chi connectivity index (χ1v) is 6.74. The van der Waals surface area contributed by atoms with Crippen LogP contribution in [-0.4, -0.2) is 32.9 Å². The Labute approximate surface area is 137 Å².